The van der Waals surface area contributed by atoms with Gasteiger partial charge in [-0.3, -0.25) is 9.78 Å². The predicted molar refractivity (Wildman–Crippen MR) is 101 cm³/mol. The van der Waals surface area contributed by atoms with Crippen LogP contribution in [0.1, 0.15) is 31.4 Å². The highest BCUT2D eigenvalue weighted by Gasteiger charge is 2.42. The van der Waals surface area contributed by atoms with E-state index in [0.29, 0.717) is 18.7 Å². The number of likely N-dealkylation sites (tertiary alicyclic amines) is 1. The molecule has 1 amide bonds. The van der Waals surface area contributed by atoms with E-state index in [-0.39, 0.29) is 11.3 Å². The molecule has 1 unspecified atom stereocenters. The molecule has 0 bridgehead atoms. The lowest BCUT2D eigenvalue weighted by atomic mass is 9.73. The lowest BCUT2D eigenvalue weighted by Gasteiger charge is -2.48. The summed E-state index contributed by atoms with van der Waals surface area (Å²) in [5, 5.41) is 0. The second-order valence-electron chi connectivity index (χ2n) is 7.52. The van der Waals surface area contributed by atoms with Gasteiger partial charge in [0.1, 0.15) is 0 Å². The third kappa shape index (κ3) is 3.86. The van der Waals surface area contributed by atoms with Crippen molar-refractivity contribution in [3.63, 3.8) is 0 Å². The minimum absolute atomic E-state index is 0.101. The molecule has 2 aliphatic heterocycles. The van der Waals surface area contributed by atoms with E-state index in [4.69, 9.17) is 4.74 Å². The molecule has 2 aliphatic rings. The zero-order valence-corrected chi connectivity index (χ0v) is 15.7. The van der Waals surface area contributed by atoms with Crippen molar-refractivity contribution in [1.29, 1.82) is 0 Å². The first kappa shape index (κ1) is 17.7. The highest BCUT2D eigenvalue weighted by molar-refractivity contribution is 5.77. The average Bonchev–Trinajstić information content (AvgIpc) is 2.72. The number of hydrogen-bond donors (Lipinski definition) is 0. The van der Waals surface area contributed by atoms with Crippen molar-refractivity contribution in [3.05, 3.63) is 42.5 Å². The van der Waals surface area contributed by atoms with Crippen LogP contribution in [0.5, 0.6) is 5.75 Å². The molecule has 0 radical (unpaired) electrons. The number of methoxy groups -OCH3 is 1. The Bertz CT molecular complexity index is 783. The number of nitrogens with zero attached hydrogens (tertiary/aromatic N) is 5. The van der Waals surface area contributed by atoms with Gasteiger partial charge in [-0.25, -0.2) is 9.97 Å². The van der Waals surface area contributed by atoms with Crippen molar-refractivity contribution in [2.45, 2.75) is 32.2 Å². The van der Waals surface area contributed by atoms with Crippen molar-refractivity contribution in [2.75, 3.05) is 31.6 Å². The van der Waals surface area contributed by atoms with Crippen LogP contribution in [0.4, 0.5) is 5.95 Å². The summed E-state index contributed by atoms with van der Waals surface area (Å²) in [4.78, 5) is 30.0. The normalized spacial score (nSPS) is 22.9. The number of pyridine rings is 1. The van der Waals surface area contributed by atoms with Crippen molar-refractivity contribution < 1.29 is 9.53 Å². The van der Waals surface area contributed by atoms with Gasteiger partial charge in [-0.2, -0.15) is 0 Å². The molecule has 0 aromatic carbocycles. The molecule has 1 atom stereocenters. The van der Waals surface area contributed by atoms with E-state index in [1.807, 2.05) is 23.1 Å². The molecule has 0 N–H and O–H groups in total. The third-order valence-electron chi connectivity index (χ3n) is 5.62. The fraction of sp³-hybridized carbons (Fsp3) is 0.500. The van der Waals surface area contributed by atoms with Crippen molar-refractivity contribution in [2.24, 2.45) is 5.41 Å². The van der Waals surface area contributed by atoms with Crippen LogP contribution >= 0.6 is 0 Å². The van der Waals surface area contributed by atoms with Crippen LogP contribution in [0.2, 0.25) is 0 Å². The third-order valence-corrected chi connectivity index (χ3v) is 5.62. The number of hydrogen-bond acceptors (Lipinski definition) is 6. The fourth-order valence-corrected chi connectivity index (χ4v) is 4.22. The number of aromatic nitrogens is 3. The summed E-state index contributed by atoms with van der Waals surface area (Å²) in [5.74, 6) is 1.63. The molecular formula is C20H25N5O2. The molecule has 2 saturated heterocycles. The van der Waals surface area contributed by atoms with Gasteiger partial charge in [-0.1, -0.05) is 6.07 Å². The quantitative estimate of drug-likeness (QED) is 0.826. The zero-order valence-electron chi connectivity index (χ0n) is 15.7. The lowest BCUT2D eigenvalue weighted by molar-refractivity contribution is -0.138. The maximum Gasteiger partial charge on any atom is 0.225 e. The van der Waals surface area contributed by atoms with Gasteiger partial charge in [-0.15, -0.1) is 0 Å². The summed E-state index contributed by atoms with van der Waals surface area (Å²) < 4.78 is 5.16. The summed E-state index contributed by atoms with van der Waals surface area (Å²) in [6, 6.07) is 5.85. The van der Waals surface area contributed by atoms with Gasteiger partial charge in [0, 0.05) is 37.7 Å². The molecule has 0 aliphatic carbocycles. The van der Waals surface area contributed by atoms with E-state index in [9.17, 15) is 4.79 Å². The molecular weight excluding hydrogens is 342 g/mol. The number of carbonyl (C=O) groups excluding carboxylic acids is 1. The first-order chi connectivity index (χ1) is 13.2. The van der Waals surface area contributed by atoms with Crippen LogP contribution in [0.3, 0.4) is 0 Å². The molecule has 7 nitrogen and oxygen atoms in total. The van der Waals surface area contributed by atoms with Gasteiger partial charge in [0.15, 0.2) is 5.75 Å². The van der Waals surface area contributed by atoms with Crippen LogP contribution in [-0.2, 0) is 11.3 Å². The molecule has 1 spiro atoms. The first-order valence-electron chi connectivity index (χ1n) is 9.46. The Morgan fingerprint density at radius 2 is 2.00 bits per heavy atom. The second kappa shape index (κ2) is 7.50. The Morgan fingerprint density at radius 3 is 2.74 bits per heavy atom. The summed E-state index contributed by atoms with van der Waals surface area (Å²) in [5.41, 5.74) is 1.04. The molecule has 0 saturated carbocycles. The Hall–Kier alpha value is -2.70. The molecule has 7 heteroatoms. The van der Waals surface area contributed by atoms with Gasteiger partial charge < -0.3 is 14.5 Å². The number of anilines is 1. The predicted octanol–water partition coefficient (Wildman–Crippen LogP) is 2.29. The van der Waals surface area contributed by atoms with E-state index < -0.39 is 0 Å². The van der Waals surface area contributed by atoms with Gasteiger partial charge >= 0.3 is 0 Å². The van der Waals surface area contributed by atoms with Gasteiger partial charge in [-0.05, 0) is 31.4 Å². The number of rotatable bonds is 4. The maximum absolute atomic E-state index is 12.5. The Balaban J connectivity index is 1.48. The van der Waals surface area contributed by atoms with E-state index in [0.717, 1.165) is 50.5 Å². The minimum atomic E-state index is 0.101. The molecule has 2 aromatic heterocycles. The fourth-order valence-electron chi connectivity index (χ4n) is 4.22. The maximum atomic E-state index is 12.5. The molecule has 142 valence electrons. The summed E-state index contributed by atoms with van der Waals surface area (Å²) in [6.45, 7) is 3.18. The van der Waals surface area contributed by atoms with Crippen LogP contribution in [0.25, 0.3) is 0 Å². The number of amides is 1. The van der Waals surface area contributed by atoms with Gasteiger partial charge in [0.25, 0.3) is 0 Å². The molecule has 4 rings (SSSR count). The Labute approximate surface area is 159 Å². The van der Waals surface area contributed by atoms with E-state index in [2.05, 4.69) is 19.9 Å². The molecule has 2 fully saturated rings. The van der Waals surface area contributed by atoms with E-state index >= 15 is 0 Å². The largest absolute Gasteiger partial charge is 0.494 e. The highest BCUT2D eigenvalue weighted by atomic mass is 16.5. The van der Waals surface area contributed by atoms with E-state index in [1.165, 1.54) is 0 Å². The summed E-state index contributed by atoms with van der Waals surface area (Å²) >= 11 is 0. The Morgan fingerprint density at radius 1 is 1.15 bits per heavy atom. The smallest absolute Gasteiger partial charge is 0.225 e. The monoisotopic (exact) mass is 367 g/mol. The highest BCUT2D eigenvalue weighted by Crippen LogP contribution is 2.40. The topological polar surface area (TPSA) is 71.5 Å². The standard InChI is InChI=1S/C20H25N5O2/c1-27-17-11-22-19(23-12-17)24-10-4-7-20(14-24)8-6-18(26)25(15-20)13-16-5-2-3-9-21-16/h2-3,5,9,11-12H,4,6-8,10,13-15H2,1H3. The minimum Gasteiger partial charge on any atom is -0.494 e. The Kier molecular flexibility index (Phi) is 4.92. The second-order valence-corrected chi connectivity index (χ2v) is 7.52. The number of carbonyl (C=O) groups is 1. The summed E-state index contributed by atoms with van der Waals surface area (Å²) in [6.07, 6.45) is 8.94. The van der Waals surface area contributed by atoms with Crippen molar-refractivity contribution >= 4 is 11.9 Å². The zero-order chi connectivity index (χ0) is 18.7. The molecule has 4 heterocycles. The molecule has 27 heavy (non-hydrogen) atoms. The van der Waals surface area contributed by atoms with Crippen LogP contribution in [0.15, 0.2) is 36.8 Å². The van der Waals surface area contributed by atoms with Crippen molar-refractivity contribution in [1.82, 2.24) is 19.9 Å². The average molecular weight is 367 g/mol. The SMILES string of the molecule is COc1cnc(N2CCCC3(CCC(=O)N(Cc4ccccn4)C3)C2)nc1. The van der Waals surface area contributed by atoms with Gasteiger partial charge in [0.05, 0.1) is 31.7 Å². The lowest BCUT2D eigenvalue weighted by Crippen LogP contribution is -2.54. The van der Waals surface area contributed by atoms with Gasteiger partial charge in [0.2, 0.25) is 11.9 Å². The number of piperidine rings is 2. The first-order valence-corrected chi connectivity index (χ1v) is 9.46. The molecule has 2 aromatic rings. The van der Waals surface area contributed by atoms with Crippen LogP contribution in [0, 0.1) is 5.41 Å². The number of ether oxygens (including phenoxy) is 1. The van der Waals surface area contributed by atoms with Crippen LogP contribution < -0.4 is 9.64 Å². The van der Waals surface area contributed by atoms with Crippen molar-refractivity contribution in [3.8, 4) is 5.75 Å². The summed E-state index contributed by atoms with van der Waals surface area (Å²) in [7, 11) is 1.61. The van der Waals surface area contributed by atoms with E-state index in [1.54, 1.807) is 25.7 Å². The van der Waals surface area contributed by atoms with Crippen LogP contribution in [-0.4, -0.2) is 52.5 Å².